The molecule has 110 valence electrons. The number of rotatable bonds is 7. The summed E-state index contributed by atoms with van der Waals surface area (Å²) in [6, 6.07) is 0.424. The van der Waals surface area contributed by atoms with E-state index in [1.54, 1.807) is 0 Å². The SMILES string of the molecule is CCCNC(Cc1nc(C)c(C)s1)C(C)(C)N(C)C. The van der Waals surface area contributed by atoms with Crippen LogP contribution in [0.5, 0.6) is 0 Å². The fraction of sp³-hybridized carbons (Fsp3) is 0.800. The molecule has 3 nitrogen and oxygen atoms in total. The average Bonchev–Trinajstić information content (AvgIpc) is 2.63. The van der Waals surface area contributed by atoms with Gasteiger partial charge in [-0.15, -0.1) is 11.3 Å². The van der Waals surface area contributed by atoms with Gasteiger partial charge in [0, 0.05) is 22.9 Å². The molecule has 0 aliphatic rings. The van der Waals surface area contributed by atoms with Crippen LogP contribution in [0, 0.1) is 13.8 Å². The molecule has 0 aromatic carbocycles. The third-order valence-electron chi connectivity index (χ3n) is 4.10. The predicted molar refractivity (Wildman–Crippen MR) is 85.1 cm³/mol. The van der Waals surface area contributed by atoms with E-state index < -0.39 is 0 Å². The maximum atomic E-state index is 4.69. The molecule has 0 fully saturated rings. The Balaban J connectivity index is 2.85. The van der Waals surface area contributed by atoms with Crippen molar-refractivity contribution >= 4 is 11.3 Å². The Morgan fingerprint density at radius 1 is 1.32 bits per heavy atom. The Morgan fingerprint density at radius 3 is 2.37 bits per heavy atom. The van der Waals surface area contributed by atoms with Crippen molar-refractivity contribution < 1.29 is 0 Å². The molecular weight excluding hydrogens is 254 g/mol. The molecule has 1 aromatic rings. The molecule has 0 saturated carbocycles. The van der Waals surface area contributed by atoms with Gasteiger partial charge in [0.1, 0.15) is 0 Å². The number of thiazole rings is 1. The molecule has 1 atom stereocenters. The molecule has 0 radical (unpaired) electrons. The van der Waals surface area contributed by atoms with Gasteiger partial charge in [0.25, 0.3) is 0 Å². The van der Waals surface area contributed by atoms with E-state index in [9.17, 15) is 0 Å². The molecular formula is C15H29N3S. The summed E-state index contributed by atoms with van der Waals surface area (Å²) in [4.78, 5) is 8.33. The van der Waals surface area contributed by atoms with Crippen molar-refractivity contribution in [2.24, 2.45) is 0 Å². The van der Waals surface area contributed by atoms with Gasteiger partial charge in [0.05, 0.1) is 10.7 Å². The zero-order chi connectivity index (χ0) is 14.6. The minimum Gasteiger partial charge on any atom is -0.312 e. The van der Waals surface area contributed by atoms with Gasteiger partial charge in [-0.25, -0.2) is 4.98 Å². The van der Waals surface area contributed by atoms with E-state index in [-0.39, 0.29) is 5.54 Å². The first-order valence-electron chi connectivity index (χ1n) is 7.12. The third-order valence-corrected chi connectivity index (χ3v) is 5.19. The van der Waals surface area contributed by atoms with E-state index >= 15 is 0 Å². The summed E-state index contributed by atoms with van der Waals surface area (Å²) in [5.74, 6) is 0. The lowest BCUT2D eigenvalue weighted by molar-refractivity contribution is 0.137. The number of nitrogens with one attached hydrogen (secondary N) is 1. The highest BCUT2D eigenvalue weighted by atomic mass is 32.1. The topological polar surface area (TPSA) is 28.2 Å². The van der Waals surface area contributed by atoms with Crippen molar-refractivity contribution in [1.29, 1.82) is 0 Å². The molecule has 1 heterocycles. The van der Waals surface area contributed by atoms with Gasteiger partial charge in [-0.3, -0.25) is 0 Å². The van der Waals surface area contributed by atoms with E-state index in [1.807, 2.05) is 11.3 Å². The lowest BCUT2D eigenvalue weighted by Gasteiger charge is -2.40. The average molecular weight is 283 g/mol. The predicted octanol–water partition coefficient (Wildman–Crippen LogP) is 3.01. The van der Waals surface area contributed by atoms with Crippen molar-refractivity contribution in [2.75, 3.05) is 20.6 Å². The second kappa shape index (κ2) is 6.82. The molecule has 4 heteroatoms. The summed E-state index contributed by atoms with van der Waals surface area (Å²) in [5.41, 5.74) is 1.29. The molecule has 1 aromatic heterocycles. The molecule has 0 aliphatic carbocycles. The Kier molecular flexibility index (Phi) is 5.96. The first kappa shape index (κ1) is 16.6. The van der Waals surface area contributed by atoms with Crippen molar-refractivity contribution in [1.82, 2.24) is 15.2 Å². The second-order valence-corrected chi connectivity index (χ2v) is 7.30. The monoisotopic (exact) mass is 283 g/mol. The quantitative estimate of drug-likeness (QED) is 0.834. The minimum atomic E-state index is 0.114. The summed E-state index contributed by atoms with van der Waals surface area (Å²) in [6.45, 7) is 12.1. The van der Waals surface area contributed by atoms with Crippen LogP contribution in [-0.4, -0.2) is 42.1 Å². The van der Waals surface area contributed by atoms with Gasteiger partial charge in [-0.1, -0.05) is 6.92 Å². The number of nitrogens with zero attached hydrogens (tertiary/aromatic N) is 2. The van der Waals surface area contributed by atoms with Gasteiger partial charge in [-0.2, -0.15) is 0 Å². The highest BCUT2D eigenvalue weighted by Crippen LogP contribution is 2.23. The van der Waals surface area contributed by atoms with Crippen LogP contribution in [0.1, 0.15) is 42.8 Å². The van der Waals surface area contributed by atoms with Crippen molar-refractivity contribution in [3.8, 4) is 0 Å². The standard InChI is InChI=1S/C15H29N3S/c1-8-9-16-13(15(4,5)18(6)7)10-14-17-11(2)12(3)19-14/h13,16H,8-10H2,1-7H3. The van der Waals surface area contributed by atoms with E-state index in [2.05, 4.69) is 58.9 Å². The summed E-state index contributed by atoms with van der Waals surface area (Å²) in [7, 11) is 4.30. The van der Waals surface area contributed by atoms with Crippen LogP contribution in [0.3, 0.4) is 0 Å². The van der Waals surface area contributed by atoms with Crippen molar-refractivity contribution in [2.45, 2.75) is 59.0 Å². The summed E-state index contributed by atoms with van der Waals surface area (Å²) < 4.78 is 0. The van der Waals surface area contributed by atoms with Crippen LogP contribution in [0.15, 0.2) is 0 Å². The van der Waals surface area contributed by atoms with E-state index in [0.717, 1.165) is 19.4 Å². The number of aryl methyl sites for hydroxylation is 2. The zero-order valence-electron chi connectivity index (χ0n) is 13.5. The molecule has 1 rings (SSSR count). The lowest BCUT2D eigenvalue weighted by Crippen LogP contribution is -2.56. The molecule has 0 bridgehead atoms. The highest BCUT2D eigenvalue weighted by molar-refractivity contribution is 7.11. The van der Waals surface area contributed by atoms with Crippen molar-refractivity contribution in [3.63, 3.8) is 0 Å². The number of hydrogen-bond acceptors (Lipinski definition) is 4. The van der Waals surface area contributed by atoms with E-state index in [4.69, 9.17) is 4.98 Å². The summed E-state index contributed by atoms with van der Waals surface area (Å²) in [6.07, 6.45) is 2.17. The highest BCUT2D eigenvalue weighted by Gasteiger charge is 2.31. The molecule has 0 aliphatic heterocycles. The Hall–Kier alpha value is -0.450. The number of hydrogen-bond donors (Lipinski definition) is 1. The number of aromatic nitrogens is 1. The fourth-order valence-corrected chi connectivity index (χ4v) is 2.98. The largest absolute Gasteiger partial charge is 0.312 e. The molecule has 0 spiro atoms. The molecule has 0 saturated heterocycles. The fourth-order valence-electron chi connectivity index (χ4n) is 2.00. The molecule has 0 amide bonds. The van der Waals surface area contributed by atoms with Gasteiger partial charge >= 0.3 is 0 Å². The van der Waals surface area contributed by atoms with E-state index in [1.165, 1.54) is 15.6 Å². The zero-order valence-corrected chi connectivity index (χ0v) is 14.3. The summed E-state index contributed by atoms with van der Waals surface area (Å²) in [5, 5.41) is 4.94. The lowest BCUT2D eigenvalue weighted by atomic mass is 9.90. The Morgan fingerprint density at radius 2 is 1.95 bits per heavy atom. The van der Waals surface area contributed by atoms with E-state index in [0.29, 0.717) is 6.04 Å². The molecule has 19 heavy (non-hydrogen) atoms. The van der Waals surface area contributed by atoms with Gasteiger partial charge in [0.15, 0.2) is 0 Å². The second-order valence-electron chi connectivity index (χ2n) is 6.01. The van der Waals surface area contributed by atoms with Gasteiger partial charge < -0.3 is 10.2 Å². The van der Waals surface area contributed by atoms with Crippen LogP contribution >= 0.6 is 11.3 Å². The normalized spacial score (nSPS) is 14.1. The van der Waals surface area contributed by atoms with Crippen LogP contribution in [0.2, 0.25) is 0 Å². The van der Waals surface area contributed by atoms with Crippen LogP contribution in [-0.2, 0) is 6.42 Å². The molecule has 1 N–H and O–H groups in total. The number of likely N-dealkylation sites (N-methyl/N-ethyl adjacent to an activating group) is 1. The third kappa shape index (κ3) is 4.26. The van der Waals surface area contributed by atoms with Crippen molar-refractivity contribution in [3.05, 3.63) is 15.6 Å². The molecule has 1 unspecified atom stereocenters. The van der Waals surface area contributed by atoms with Gasteiger partial charge in [0.2, 0.25) is 0 Å². The Labute approximate surface area is 122 Å². The maximum absolute atomic E-state index is 4.69. The summed E-state index contributed by atoms with van der Waals surface area (Å²) >= 11 is 1.83. The first-order chi connectivity index (χ1) is 8.78. The smallest absolute Gasteiger partial charge is 0.0947 e. The Bertz CT molecular complexity index is 377. The maximum Gasteiger partial charge on any atom is 0.0947 e. The first-order valence-corrected chi connectivity index (χ1v) is 7.94. The van der Waals surface area contributed by atoms with Crippen LogP contribution < -0.4 is 5.32 Å². The minimum absolute atomic E-state index is 0.114. The van der Waals surface area contributed by atoms with Crippen LogP contribution in [0.4, 0.5) is 0 Å². The van der Waals surface area contributed by atoms with Gasteiger partial charge in [-0.05, 0) is 54.8 Å². The van der Waals surface area contributed by atoms with Crippen LogP contribution in [0.25, 0.3) is 0 Å².